The molecule has 2 aromatic rings. The number of anilines is 2. The number of para-hydroxylation sites is 1. The zero-order chi connectivity index (χ0) is 21.4. The fourth-order valence-electron chi connectivity index (χ4n) is 2.91. The van der Waals surface area contributed by atoms with E-state index in [1.807, 2.05) is 38.1 Å². The van der Waals surface area contributed by atoms with Crippen LogP contribution in [0.15, 0.2) is 42.5 Å². The van der Waals surface area contributed by atoms with Crippen molar-refractivity contribution in [3.05, 3.63) is 59.4 Å². The molecule has 0 saturated heterocycles. The molecule has 0 saturated carbocycles. The van der Waals surface area contributed by atoms with Gasteiger partial charge in [0.2, 0.25) is 11.8 Å². The first-order valence-corrected chi connectivity index (χ1v) is 9.30. The van der Waals surface area contributed by atoms with Gasteiger partial charge in [-0.25, -0.2) is 4.39 Å². The van der Waals surface area contributed by atoms with E-state index in [-0.39, 0.29) is 43.6 Å². The lowest BCUT2D eigenvalue weighted by atomic mass is 10.1. The van der Waals surface area contributed by atoms with Crippen molar-refractivity contribution in [2.75, 3.05) is 36.9 Å². The molecule has 0 aromatic heterocycles. The molecule has 7 heteroatoms. The second-order valence-corrected chi connectivity index (χ2v) is 6.87. The molecule has 0 atom stereocenters. The highest BCUT2D eigenvalue weighted by Crippen LogP contribution is 2.20. The number of benzene rings is 2. The Hall–Kier alpha value is -3.24. The Morgan fingerprint density at radius 1 is 1.10 bits per heavy atom. The van der Waals surface area contributed by atoms with Crippen LogP contribution in [-0.4, -0.2) is 43.4 Å². The Bertz CT molecular complexity index is 923. The molecule has 0 spiro atoms. The largest absolute Gasteiger partial charge is 0.325 e. The Kier molecular flexibility index (Phi) is 7.87. The van der Waals surface area contributed by atoms with E-state index < -0.39 is 5.82 Å². The highest BCUT2D eigenvalue weighted by molar-refractivity contribution is 5.96. The number of halogens is 1. The number of carbonyl (C=O) groups excluding carboxylic acids is 2. The van der Waals surface area contributed by atoms with Crippen LogP contribution in [0.2, 0.25) is 0 Å². The number of carbonyl (C=O) groups is 2. The molecule has 0 bridgehead atoms. The van der Waals surface area contributed by atoms with Crippen molar-refractivity contribution < 1.29 is 14.0 Å². The van der Waals surface area contributed by atoms with Gasteiger partial charge in [0, 0.05) is 12.2 Å². The summed E-state index contributed by atoms with van der Waals surface area (Å²) in [5.74, 6) is -1.16. The third-order valence-electron chi connectivity index (χ3n) is 4.59. The van der Waals surface area contributed by atoms with Crippen molar-refractivity contribution in [1.29, 1.82) is 5.26 Å². The van der Waals surface area contributed by atoms with Gasteiger partial charge in [-0.2, -0.15) is 5.26 Å². The second kappa shape index (κ2) is 10.3. The minimum Gasteiger partial charge on any atom is -0.325 e. The minimum absolute atomic E-state index is 0.00246. The van der Waals surface area contributed by atoms with E-state index >= 15 is 0 Å². The average molecular weight is 396 g/mol. The van der Waals surface area contributed by atoms with Crippen LogP contribution in [0.3, 0.4) is 0 Å². The zero-order valence-corrected chi connectivity index (χ0v) is 16.9. The molecular weight excluding hydrogens is 371 g/mol. The Labute approximate surface area is 170 Å². The van der Waals surface area contributed by atoms with Crippen LogP contribution in [0.4, 0.5) is 15.8 Å². The monoisotopic (exact) mass is 396 g/mol. The summed E-state index contributed by atoms with van der Waals surface area (Å²) in [6, 6.07) is 13.6. The summed E-state index contributed by atoms with van der Waals surface area (Å²) in [6.07, 6.45) is 0.0803. The topological polar surface area (TPSA) is 76.4 Å². The summed E-state index contributed by atoms with van der Waals surface area (Å²) in [5.41, 5.74) is 2.92. The first kappa shape index (κ1) is 22.1. The van der Waals surface area contributed by atoms with Gasteiger partial charge in [0.25, 0.3) is 0 Å². The number of hydrogen-bond acceptors (Lipinski definition) is 4. The molecule has 29 heavy (non-hydrogen) atoms. The summed E-state index contributed by atoms with van der Waals surface area (Å²) in [6.45, 7) is 3.90. The molecule has 0 aliphatic rings. The van der Waals surface area contributed by atoms with Crippen molar-refractivity contribution in [2.45, 2.75) is 20.3 Å². The SMILES string of the molecule is Cc1cccc(NC(=O)CN(C)CC(=O)N(CCC#N)c2ccccc2F)c1C. The predicted octanol–water partition coefficient (Wildman–Crippen LogP) is 3.26. The molecule has 0 heterocycles. The number of nitrogens with one attached hydrogen (secondary N) is 1. The Morgan fingerprint density at radius 2 is 1.83 bits per heavy atom. The highest BCUT2D eigenvalue weighted by Gasteiger charge is 2.21. The number of aryl methyl sites for hydroxylation is 1. The molecule has 2 aromatic carbocycles. The molecule has 0 aliphatic heterocycles. The predicted molar refractivity (Wildman–Crippen MR) is 111 cm³/mol. The lowest BCUT2D eigenvalue weighted by Gasteiger charge is -2.25. The number of hydrogen-bond donors (Lipinski definition) is 1. The van der Waals surface area contributed by atoms with E-state index in [9.17, 15) is 14.0 Å². The van der Waals surface area contributed by atoms with Gasteiger partial charge in [-0.05, 0) is 50.2 Å². The van der Waals surface area contributed by atoms with Gasteiger partial charge in [0.15, 0.2) is 0 Å². The molecule has 2 rings (SSSR count). The lowest BCUT2D eigenvalue weighted by Crippen LogP contribution is -2.42. The summed E-state index contributed by atoms with van der Waals surface area (Å²) < 4.78 is 14.1. The van der Waals surface area contributed by atoms with Gasteiger partial charge in [-0.3, -0.25) is 14.5 Å². The number of rotatable bonds is 8. The van der Waals surface area contributed by atoms with Crippen LogP contribution in [0.5, 0.6) is 0 Å². The maximum atomic E-state index is 14.1. The highest BCUT2D eigenvalue weighted by atomic mass is 19.1. The molecule has 0 aliphatic carbocycles. The van der Waals surface area contributed by atoms with Gasteiger partial charge >= 0.3 is 0 Å². The number of amides is 2. The second-order valence-electron chi connectivity index (χ2n) is 6.87. The van der Waals surface area contributed by atoms with Crippen LogP contribution in [0.25, 0.3) is 0 Å². The molecular formula is C22H25FN4O2. The lowest BCUT2D eigenvalue weighted by molar-refractivity contribution is -0.121. The van der Waals surface area contributed by atoms with Crippen molar-refractivity contribution in [1.82, 2.24) is 4.90 Å². The van der Waals surface area contributed by atoms with Crippen LogP contribution < -0.4 is 10.2 Å². The number of likely N-dealkylation sites (N-methyl/N-ethyl adjacent to an activating group) is 1. The molecule has 2 amide bonds. The van der Waals surface area contributed by atoms with Crippen LogP contribution in [-0.2, 0) is 9.59 Å². The third-order valence-corrected chi connectivity index (χ3v) is 4.59. The summed E-state index contributed by atoms with van der Waals surface area (Å²) in [4.78, 5) is 27.9. The summed E-state index contributed by atoms with van der Waals surface area (Å²) >= 11 is 0. The summed E-state index contributed by atoms with van der Waals surface area (Å²) in [5, 5.41) is 11.7. The molecule has 1 N–H and O–H groups in total. The standard InChI is InChI=1S/C22H25FN4O2/c1-16-8-6-10-19(17(16)2)25-21(28)14-26(3)15-22(29)27(13-7-12-24)20-11-5-4-9-18(20)23/h4-6,8-11H,7,13-15H2,1-3H3,(H,25,28). The average Bonchev–Trinajstić information content (AvgIpc) is 2.67. The van der Waals surface area contributed by atoms with E-state index in [0.717, 1.165) is 16.8 Å². The first-order valence-electron chi connectivity index (χ1n) is 9.30. The van der Waals surface area contributed by atoms with Crippen LogP contribution >= 0.6 is 0 Å². The van der Waals surface area contributed by atoms with E-state index in [1.54, 1.807) is 18.0 Å². The van der Waals surface area contributed by atoms with E-state index in [4.69, 9.17) is 5.26 Å². The Morgan fingerprint density at radius 3 is 2.52 bits per heavy atom. The molecule has 0 radical (unpaired) electrons. The molecule has 6 nitrogen and oxygen atoms in total. The van der Waals surface area contributed by atoms with E-state index in [0.29, 0.717) is 0 Å². The van der Waals surface area contributed by atoms with Gasteiger partial charge in [-0.1, -0.05) is 24.3 Å². The van der Waals surface area contributed by atoms with Gasteiger partial charge in [0.05, 0.1) is 31.3 Å². The van der Waals surface area contributed by atoms with E-state index in [1.165, 1.54) is 23.1 Å². The number of nitrogens with zero attached hydrogens (tertiary/aromatic N) is 3. The quantitative estimate of drug-likeness (QED) is 0.743. The smallest absolute Gasteiger partial charge is 0.241 e. The van der Waals surface area contributed by atoms with Crippen LogP contribution in [0.1, 0.15) is 17.5 Å². The van der Waals surface area contributed by atoms with Gasteiger partial charge in [-0.15, -0.1) is 0 Å². The minimum atomic E-state index is -0.533. The molecule has 0 unspecified atom stereocenters. The molecule has 0 fully saturated rings. The third kappa shape index (κ3) is 6.13. The first-order chi connectivity index (χ1) is 13.8. The van der Waals surface area contributed by atoms with Crippen LogP contribution in [0, 0.1) is 31.0 Å². The maximum absolute atomic E-state index is 14.1. The van der Waals surface area contributed by atoms with E-state index in [2.05, 4.69) is 5.32 Å². The normalized spacial score (nSPS) is 10.5. The van der Waals surface area contributed by atoms with Crippen molar-refractivity contribution >= 4 is 23.2 Å². The maximum Gasteiger partial charge on any atom is 0.241 e. The van der Waals surface area contributed by atoms with Crippen molar-refractivity contribution in [3.63, 3.8) is 0 Å². The zero-order valence-electron chi connectivity index (χ0n) is 16.9. The van der Waals surface area contributed by atoms with Crippen molar-refractivity contribution in [3.8, 4) is 6.07 Å². The summed E-state index contributed by atoms with van der Waals surface area (Å²) in [7, 11) is 1.64. The van der Waals surface area contributed by atoms with Crippen molar-refractivity contribution in [2.24, 2.45) is 0 Å². The fourth-order valence-corrected chi connectivity index (χ4v) is 2.91. The molecule has 152 valence electrons. The fraction of sp³-hybridized carbons (Fsp3) is 0.318. The van der Waals surface area contributed by atoms with Gasteiger partial charge in [0.1, 0.15) is 5.82 Å². The number of nitriles is 1. The van der Waals surface area contributed by atoms with Gasteiger partial charge < -0.3 is 10.2 Å². The Balaban J connectivity index is 2.01.